The molecule has 0 aliphatic heterocycles. The second-order valence-corrected chi connectivity index (χ2v) is 8.49. The molecule has 1 heterocycles. The van der Waals surface area contributed by atoms with Crippen LogP contribution in [0.5, 0.6) is 0 Å². The number of nitrogens with one attached hydrogen (secondary N) is 2. The molecule has 0 radical (unpaired) electrons. The highest BCUT2D eigenvalue weighted by Gasteiger charge is 2.14. The lowest BCUT2D eigenvalue weighted by Gasteiger charge is -2.10. The van der Waals surface area contributed by atoms with E-state index in [1.54, 1.807) is 13.0 Å². The molecule has 158 valence electrons. The molecule has 10 heteroatoms. The minimum absolute atomic E-state index is 0.000781. The van der Waals surface area contributed by atoms with E-state index in [9.17, 15) is 13.0 Å². The van der Waals surface area contributed by atoms with Gasteiger partial charge in [-0.05, 0) is 72.8 Å². The average molecular weight is 448 g/mol. The van der Waals surface area contributed by atoms with Crippen LogP contribution in [-0.2, 0) is 16.5 Å². The Balaban J connectivity index is 1.76. The number of anilines is 4. The van der Waals surface area contributed by atoms with E-state index in [2.05, 4.69) is 44.6 Å². The van der Waals surface area contributed by atoms with Gasteiger partial charge in [-0.2, -0.15) is 23.4 Å². The summed E-state index contributed by atoms with van der Waals surface area (Å²) in [6, 6.07) is 12.4. The largest absolute Gasteiger partial charge is 0.324 e. The van der Waals surface area contributed by atoms with Crippen molar-refractivity contribution in [2.24, 2.45) is 0 Å². The zero-order valence-electron chi connectivity index (χ0n) is 16.6. The van der Waals surface area contributed by atoms with Gasteiger partial charge in [0, 0.05) is 11.4 Å². The minimum atomic E-state index is -4.28. The molecule has 30 heavy (non-hydrogen) atoms. The summed E-state index contributed by atoms with van der Waals surface area (Å²) in [7, 11) is -4.28. The molecule has 0 fully saturated rings. The molecule has 3 rings (SSSR count). The van der Waals surface area contributed by atoms with Crippen molar-refractivity contribution in [3.8, 4) is 0 Å². The van der Waals surface area contributed by atoms with Gasteiger partial charge in [0.2, 0.25) is 17.2 Å². The molecule has 3 aromatic rings. The molecule has 3 N–H and O–H groups in total. The number of nitrogens with zero attached hydrogens (tertiary/aromatic N) is 3. The Morgan fingerprint density at radius 3 is 2.13 bits per heavy atom. The van der Waals surface area contributed by atoms with E-state index in [1.807, 2.05) is 12.1 Å². The van der Waals surface area contributed by atoms with Crippen molar-refractivity contribution in [1.29, 1.82) is 0 Å². The summed E-state index contributed by atoms with van der Waals surface area (Å²) in [5.74, 6) is 0.459. The molecule has 0 saturated heterocycles. The van der Waals surface area contributed by atoms with E-state index in [4.69, 9.17) is 11.6 Å². The molecule has 0 aliphatic carbocycles. The lowest BCUT2D eigenvalue weighted by molar-refractivity contribution is 0.482. The Labute approximate surface area is 180 Å². The first kappa shape index (κ1) is 21.9. The number of hydrogen-bond donors (Lipinski definition) is 3. The SMILES string of the molecule is CCCCc1ccc(Nc2nc(Cl)nc(Nc3ccc(S(=O)(=O)O)c(C)c3)n2)cc1. The van der Waals surface area contributed by atoms with Crippen molar-refractivity contribution in [3.05, 3.63) is 58.9 Å². The predicted molar refractivity (Wildman–Crippen MR) is 117 cm³/mol. The molecule has 0 amide bonds. The Bertz CT molecular complexity index is 1140. The van der Waals surface area contributed by atoms with Crippen LogP contribution in [0.1, 0.15) is 30.9 Å². The Morgan fingerprint density at radius 2 is 1.57 bits per heavy atom. The van der Waals surface area contributed by atoms with Crippen LogP contribution >= 0.6 is 11.6 Å². The first-order valence-corrected chi connectivity index (χ1v) is 11.2. The summed E-state index contributed by atoms with van der Waals surface area (Å²) in [5, 5.41) is 6.06. The molecule has 0 aliphatic rings. The van der Waals surface area contributed by atoms with Gasteiger partial charge in [-0.3, -0.25) is 4.55 Å². The summed E-state index contributed by atoms with van der Waals surface area (Å²) in [6.07, 6.45) is 3.34. The van der Waals surface area contributed by atoms with Crippen LogP contribution in [-0.4, -0.2) is 27.9 Å². The first-order valence-electron chi connectivity index (χ1n) is 9.37. The van der Waals surface area contributed by atoms with Crippen LogP contribution in [0.25, 0.3) is 0 Å². The van der Waals surface area contributed by atoms with E-state index in [1.165, 1.54) is 17.7 Å². The third kappa shape index (κ3) is 5.88. The number of rotatable bonds is 8. The standard InChI is InChI=1S/C20H22ClN5O3S/c1-3-4-5-14-6-8-15(9-7-14)22-19-24-18(21)25-20(26-19)23-16-10-11-17(13(2)12-16)30(27,28)29/h6-12H,3-5H2,1-2H3,(H,27,28,29)(H2,22,23,24,25,26). The number of unbranched alkanes of at least 4 members (excludes halogenated alkanes) is 1. The first-order chi connectivity index (χ1) is 14.2. The molecule has 2 aromatic carbocycles. The molecule has 0 saturated carbocycles. The van der Waals surface area contributed by atoms with Crippen molar-refractivity contribution in [3.63, 3.8) is 0 Å². The second kappa shape index (κ2) is 9.38. The van der Waals surface area contributed by atoms with Gasteiger partial charge in [0.1, 0.15) is 0 Å². The average Bonchev–Trinajstić information content (AvgIpc) is 2.66. The zero-order valence-corrected chi connectivity index (χ0v) is 18.1. The molecular weight excluding hydrogens is 426 g/mol. The van der Waals surface area contributed by atoms with Crippen LogP contribution in [0.2, 0.25) is 5.28 Å². The second-order valence-electron chi connectivity index (χ2n) is 6.76. The van der Waals surface area contributed by atoms with Gasteiger partial charge in [-0.1, -0.05) is 25.5 Å². The maximum Gasteiger partial charge on any atom is 0.294 e. The Morgan fingerprint density at radius 1 is 0.967 bits per heavy atom. The number of halogens is 1. The highest BCUT2D eigenvalue weighted by Crippen LogP contribution is 2.23. The van der Waals surface area contributed by atoms with Gasteiger partial charge in [-0.25, -0.2) is 0 Å². The summed E-state index contributed by atoms with van der Waals surface area (Å²) in [5.41, 5.74) is 3.00. The maximum absolute atomic E-state index is 11.3. The van der Waals surface area contributed by atoms with Gasteiger partial charge in [0.05, 0.1) is 4.90 Å². The van der Waals surface area contributed by atoms with Gasteiger partial charge in [0.15, 0.2) is 0 Å². The monoisotopic (exact) mass is 447 g/mol. The third-order valence-electron chi connectivity index (χ3n) is 4.35. The fourth-order valence-corrected chi connectivity index (χ4v) is 3.74. The van der Waals surface area contributed by atoms with Crippen molar-refractivity contribution < 1.29 is 13.0 Å². The topological polar surface area (TPSA) is 117 Å². The third-order valence-corrected chi connectivity index (χ3v) is 5.53. The van der Waals surface area contributed by atoms with E-state index >= 15 is 0 Å². The normalized spacial score (nSPS) is 11.3. The van der Waals surface area contributed by atoms with Gasteiger partial charge >= 0.3 is 0 Å². The Kier molecular flexibility index (Phi) is 6.86. The predicted octanol–water partition coefficient (Wildman–Crippen LogP) is 4.91. The Hall–Kier alpha value is -2.75. The van der Waals surface area contributed by atoms with Gasteiger partial charge in [-0.15, -0.1) is 0 Å². The highest BCUT2D eigenvalue weighted by atomic mass is 35.5. The summed E-state index contributed by atoms with van der Waals surface area (Å²) < 4.78 is 31.9. The smallest absolute Gasteiger partial charge is 0.294 e. The number of benzene rings is 2. The minimum Gasteiger partial charge on any atom is -0.324 e. The van der Waals surface area contributed by atoms with Crippen molar-refractivity contribution >= 4 is 45.0 Å². The van der Waals surface area contributed by atoms with Crippen molar-refractivity contribution in [1.82, 2.24) is 15.0 Å². The molecule has 1 aromatic heterocycles. The van der Waals surface area contributed by atoms with Crippen molar-refractivity contribution in [2.45, 2.75) is 38.0 Å². The van der Waals surface area contributed by atoms with Crippen LogP contribution in [0, 0.1) is 6.92 Å². The quantitative estimate of drug-likeness (QED) is 0.417. The molecule has 0 atom stereocenters. The van der Waals surface area contributed by atoms with E-state index in [0.29, 0.717) is 11.3 Å². The summed E-state index contributed by atoms with van der Waals surface area (Å²) in [4.78, 5) is 12.3. The van der Waals surface area contributed by atoms with E-state index in [-0.39, 0.29) is 22.1 Å². The van der Waals surface area contributed by atoms with E-state index < -0.39 is 10.1 Å². The fourth-order valence-electron chi connectivity index (χ4n) is 2.87. The number of aryl methyl sites for hydroxylation is 2. The summed E-state index contributed by atoms with van der Waals surface area (Å²) >= 11 is 6.03. The lowest BCUT2D eigenvalue weighted by Crippen LogP contribution is -2.05. The molecule has 0 spiro atoms. The molecule has 0 bridgehead atoms. The molecule has 0 unspecified atom stereocenters. The number of hydrogen-bond acceptors (Lipinski definition) is 7. The van der Waals surface area contributed by atoms with Crippen molar-refractivity contribution in [2.75, 3.05) is 10.6 Å². The molecular formula is C20H22ClN5O3S. The molecule has 8 nitrogen and oxygen atoms in total. The maximum atomic E-state index is 11.3. The van der Waals surface area contributed by atoms with Gasteiger partial charge < -0.3 is 10.6 Å². The van der Waals surface area contributed by atoms with Crippen LogP contribution in [0.4, 0.5) is 23.3 Å². The lowest BCUT2D eigenvalue weighted by atomic mass is 10.1. The van der Waals surface area contributed by atoms with Crippen LogP contribution < -0.4 is 10.6 Å². The zero-order chi connectivity index (χ0) is 21.7. The van der Waals surface area contributed by atoms with Gasteiger partial charge in [0.25, 0.3) is 10.1 Å². The van der Waals surface area contributed by atoms with E-state index in [0.717, 1.165) is 24.9 Å². The van der Waals surface area contributed by atoms with Crippen LogP contribution in [0.3, 0.4) is 0 Å². The fraction of sp³-hybridized carbons (Fsp3) is 0.250. The highest BCUT2D eigenvalue weighted by molar-refractivity contribution is 7.85. The van der Waals surface area contributed by atoms with Crippen LogP contribution in [0.15, 0.2) is 47.4 Å². The summed E-state index contributed by atoms with van der Waals surface area (Å²) in [6.45, 7) is 3.74. The number of aromatic nitrogens is 3.